The number of hydrogen-bond acceptors (Lipinski definition) is 5. The van der Waals surface area contributed by atoms with Crippen molar-refractivity contribution in [2.45, 2.75) is 26.1 Å². The molecule has 1 amide bonds. The first kappa shape index (κ1) is 19.5. The molecular formula is C22H24N4O2. The summed E-state index contributed by atoms with van der Waals surface area (Å²) in [4.78, 5) is 21.2. The Morgan fingerprint density at radius 2 is 1.64 bits per heavy atom. The van der Waals surface area contributed by atoms with Crippen LogP contribution in [-0.2, 0) is 17.9 Å². The molecule has 3 aromatic rings. The first-order valence-electron chi connectivity index (χ1n) is 9.28. The van der Waals surface area contributed by atoms with Gasteiger partial charge in [-0.2, -0.15) is 0 Å². The van der Waals surface area contributed by atoms with E-state index >= 15 is 0 Å². The van der Waals surface area contributed by atoms with E-state index in [9.17, 15) is 4.79 Å². The van der Waals surface area contributed by atoms with Crippen LogP contribution in [0.5, 0.6) is 5.75 Å². The minimum absolute atomic E-state index is 0.125. The first-order valence-corrected chi connectivity index (χ1v) is 9.28. The fourth-order valence-electron chi connectivity index (χ4n) is 2.87. The van der Waals surface area contributed by atoms with E-state index in [1.54, 1.807) is 24.8 Å². The molecule has 28 heavy (non-hydrogen) atoms. The summed E-state index contributed by atoms with van der Waals surface area (Å²) in [6.07, 6.45) is 6.96. The summed E-state index contributed by atoms with van der Waals surface area (Å²) in [5.41, 5.74) is 2.75. The van der Waals surface area contributed by atoms with E-state index in [2.05, 4.69) is 20.6 Å². The number of carbonyl (C=O) groups is 1. The third-order valence-corrected chi connectivity index (χ3v) is 4.21. The van der Waals surface area contributed by atoms with Gasteiger partial charge in [0.15, 0.2) is 0 Å². The molecule has 6 heteroatoms. The lowest BCUT2D eigenvalue weighted by Gasteiger charge is -2.21. The Kier molecular flexibility index (Phi) is 7.09. The number of hydrogen-bond donors (Lipinski definition) is 2. The Balaban J connectivity index is 1.78. The molecule has 3 rings (SSSR count). The molecule has 0 aliphatic carbocycles. The Morgan fingerprint density at radius 3 is 2.29 bits per heavy atom. The number of ether oxygens (including phenoxy) is 1. The number of amides is 1. The summed E-state index contributed by atoms with van der Waals surface area (Å²) < 4.78 is 5.74. The maximum Gasteiger partial charge on any atom is 0.242 e. The van der Waals surface area contributed by atoms with E-state index < -0.39 is 6.04 Å². The van der Waals surface area contributed by atoms with E-state index in [0.717, 1.165) is 16.7 Å². The number of para-hydroxylation sites is 1. The standard InChI is InChI=1S/C22H24N4O2/c1-2-28-20-10-4-3-9-19(20)21(25-15-17-7-5-11-23-13-17)22(27)26-16-18-8-6-12-24-14-18/h3-14,21,25H,2,15-16H2,1H3,(H,26,27). The fraction of sp³-hybridized carbons (Fsp3) is 0.227. The molecule has 0 fully saturated rings. The van der Waals surface area contributed by atoms with Crippen molar-refractivity contribution in [2.75, 3.05) is 6.61 Å². The predicted molar refractivity (Wildman–Crippen MR) is 108 cm³/mol. The van der Waals surface area contributed by atoms with Crippen LogP contribution < -0.4 is 15.4 Å². The highest BCUT2D eigenvalue weighted by Crippen LogP contribution is 2.26. The summed E-state index contributed by atoms with van der Waals surface area (Å²) >= 11 is 0. The van der Waals surface area contributed by atoms with Gasteiger partial charge in [0.1, 0.15) is 11.8 Å². The lowest BCUT2D eigenvalue weighted by atomic mass is 10.0. The van der Waals surface area contributed by atoms with Crippen LogP contribution in [0.4, 0.5) is 0 Å². The molecule has 0 radical (unpaired) electrons. The molecule has 0 saturated carbocycles. The highest BCUT2D eigenvalue weighted by Gasteiger charge is 2.23. The lowest BCUT2D eigenvalue weighted by molar-refractivity contribution is -0.123. The third kappa shape index (κ3) is 5.37. The number of nitrogens with one attached hydrogen (secondary N) is 2. The fourth-order valence-corrected chi connectivity index (χ4v) is 2.87. The van der Waals surface area contributed by atoms with E-state index in [1.165, 1.54) is 0 Å². The quantitative estimate of drug-likeness (QED) is 0.600. The molecule has 6 nitrogen and oxygen atoms in total. The average Bonchev–Trinajstić information content (AvgIpc) is 2.75. The number of benzene rings is 1. The molecule has 2 aromatic heterocycles. The monoisotopic (exact) mass is 376 g/mol. The lowest BCUT2D eigenvalue weighted by Crippen LogP contribution is -2.37. The van der Waals surface area contributed by atoms with Gasteiger partial charge >= 0.3 is 0 Å². The van der Waals surface area contributed by atoms with Crippen molar-refractivity contribution in [3.05, 3.63) is 90.0 Å². The van der Waals surface area contributed by atoms with Crippen LogP contribution in [0.1, 0.15) is 29.7 Å². The second-order valence-electron chi connectivity index (χ2n) is 6.23. The molecule has 0 spiro atoms. The van der Waals surface area contributed by atoms with Crippen molar-refractivity contribution in [1.29, 1.82) is 0 Å². The van der Waals surface area contributed by atoms with Crippen LogP contribution in [0.2, 0.25) is 0 Å². The zero-order valence-electron chi connectivity index (χ0n) is 15.8. The molecule has 0 aliphatic rings. The van der Waals surface area contributed by atoms with Gasteiger partial charge in [-0.15, -0.1) is 0 Å². The van der Waals surface area contributed by atoms with E-state index in [1.807, 2.05) is 55.5 Å². The molecule has 0 bridgehead atoms. The van der Waals surface area contributed by atoms with Gasteiger partial charge in [0, 0.05) is 43.4 Å². The molecule has 2 heterocycles. The van der Waals surface area contributed by atoms with Gasteiger partial charge in [-0.05, 0) is 36.2 Å². The minimum atomic E-state index is -0.556. The second-order valence-corrected chi connectivity index (χ2v) is 6.23. The summed E-state index contributed by atoms with van der Waals surface area (Å²) in [5.74, 6) is 0.574. The summed E-state index contributed by atoms with van der Waals surface area (Å²) in [5, 5.41) is 6.33. The number of rotatable bonds is 9. The summed E-state index contributed by atoms with van der Waals surface area (Å²) in [6.45, 7) is 3.38. The zero-order valence-corrected chi connectivity index (χ0v) is 15.8. The zero-order chi connectivity index (χ0) is 19.6. The SMILES string of the molecule is CCOc1ccccc1C(NCc1cccnc1)C(=O)NCc1cccnc1. The van der Waals surface area contributed by atoms with E-state index in [0.29, 0.717) is 25.4 Å². The van der Waals surface area contributed by atoms with Gasteiger partial charge in [0.05, 0.1) is 6.61 Å². The second kappa shape index (κ2) is 10.2. The molecule has 2 N–H and O–H groups in total. The van der Waals surface area contributed by atoms with Gasteiger partial charge < -0.3 is 10.1 Å². The Hall–Kier alpha value is -3.25. The van der Waals surface area contributed by atoms with Crippen molar-refractivity contribution in [3.8, 4) is 5.75 Å². The van der Waals surface area contributed by atoms with Gasteiger partial charge in [-0.1, -0.05) is 30.3 Å². The van der Waals surface area contributed by atoms with Crippen molar-refractivity contribution >= 4 is 5.91 Å². The van der Waals surface area contributed by atoms with Gasteiger partial charge in [-0.25, -0.2) is 0 Å². The predicted octanol–water partition coefficient (Wildman–Crippen LogP) is 3.02. The van der Waals surface area contributed by atoms with Crippen LogP contribution in [0, 0.1) is 0 Å². The topological polar surface area (TPSA) is 76.1 Å². The normalized spacial score (nSPS) is 11.6. The summed E-state index contributed by atoms with van der Waals surface area (Å²) in [6, 6.07) is 14.7. The van der Waals surface area contributed by atoms with Crippen molar-refractivity contribution in [3.63, 3.8) is 0 Å². The molecule has 0 saturated heterocycles. The number of aromatic nitrogens is 2. The highest BCUT2D eigenvalue weighted by atomic mass is 16.5. The average molecular weight is 376 g/mol. The molecule has 1 atom stereocenters. The van der Waals surface area contributed by atoms with Crippen molar-refractivity contribution in [1.82, 2.24) is 20.6 Å². The smallest absolute Gasteiger partial charge is 0.242 e. The minimum Gasteiger partial charge on any atom is -0.494 e. The van der Waals surface area contributed by atoms with Crippen molar-refractivity contribution in [2.24, 2.45) is 0 Å². The highest BCUT2D eigenvalue weighted by molar-refractivity contribution is 5.84. The molecular weight excluding hydrogens is 352 g/mol. The Bertz CT molecular complexity index is 872. The van der Waals surface area contributed by atoms with Crippen LogP contribution >= 0.6 is 0 Å². The van der Waals surface area contributed by atoms with Crippen molar-refractivity contribution < 1.29 is 9.53 Å². The van der Waals surface area contributed by atoms with Crippen LogP contribution in [0.15, 0.2) is 73.3 Å². The molecule has 0 aliphatic heterocycles. The maximum atomic E-state index is 13.0. The number of nitrogens with zero attached hydrogens (tertiary/aromatic N) is 2. The largest absolute Gasteiger partial charge is 0.494 e. The Morgan fingerprint density at radius 1 is 0.964 bits per heavy atom. The third-order valence-electron chi connectivity index (χ3n) is 4.21. The van der Waals surface area contributed by atoms with Gasteiger partial charge in [0.25, 0.3) is 0 Å². The van der Waals surface area contributed by atoms with Crippen LogP contribution in [0.25, 0.3) is 0 Å². The van der Waals surface area contributed by atoms with Gasteiger partial charge in [0.2, 0.25) is 5.91 Å². The van der Waals surface area contributed by atoms with E-state index in [4.69, 9.17) is 4.74 Å². The number of carbonyl (C=O) groups excluding carboxylic acids is 1. The van der Waals surface area contributed by atoms with Gasteiger partial charge in [-0.3, -0.25) is 20.1 Å². The molecule has 1 aromatic carbocycles. The first-order chi connectivity index (χ1) is 13.8. The Labute approximate surface area is 165 Å². The molecule has 144 valence electrons. The van der Waals surface area contributed by atoms with Crippen LogP contribution in [-0.4, -0.2) is 22.5 Å². The number of pyridine rings is 2. The molecule has 1 unspecified atom stereocenters. The van der Waals surface area contributed by atoms with E-state index in [-0.39, 0.29) is 5.91 Å². The maximum absolute atomic E-state index is 13.0. The van der Waals surface area contributed by atoms with Crippen LogP contribution in [0.3, 0.4) is 0 Å². The summed E-state index contributed by atoms with van der Waals surface area (Å²) in [7, 11) is 0.